The maximum atomic E-state index is 11.6. The molecule has 0 atom stereocenters. The van der Waals surface area contributed by atoms with Gasteiger partial charge in [-0.25, -0.2) is 0 Å². The Morgan fingerprint density at radius 2 is 2.16 bits per heavy atom. The molecular formula is C15H19NO3. The third-order valence-corrected chi connectivity index (χ3v) is 3.70. The van der Waals surface area contributed by atoms with E-state index in [-0.39, 0.29) is 5.91 Å². The first kappa shape index (κ1) is 12.3. The van der Waals surface area contributed by atoms with E-state index < -0.39 is 0 Å². The van der Waals surface area contributed by atoms with E-state index in [2.05, 4.69) is 11.4 Å². The fourth-order valence-electron chi connectivity index (χ4n) is 2.77. The Balaban J connectivity index is 1.85. The molecule has 2 heterocycles. The molecule has 0 radical (unpaired) electrons. The van der Waals surface area contributed by atoms with Gasteiger partial charge in [-0.3, -0.25) is 4.79 Å². The van der Waals surface area contributed by atoms with Gasteiger partial charge in [0.2, 0.25) is 5.91 Å². The van der Waals surface area contributed by atoms with Gasteiger partial charge in [0, 0.05) is 42.5 Å². The van der Waals surface area contributed by atoms with Crippen LogP contribution in [0.3, 0.4) is 0 Å². The SMILES string of the molecule is CCCC(=O)NCc1c2c(cc3c1OCC3)OCC2. The summed E-state index contributed by atoms with van der Waals surface area (Å²) < 4.78 is 11.4. The largest absolute Gasteiger partial charge is 0.493 e. The second-order valence-corrected chi connectivity index (χ2v) is 5.04. The number of rotatable bonds is 4. The van der Waals surface area contributed by atoms with Gasteiger partial charge in [-0.05, 0) is 12.5 Å². The molecule has 1 N–H and O–H groups in total. The fraction of sp³-hybridized carbons (Fsp3) is 0.533. The lowest BCUT2D eigenvalue weighted by Crippen LogP contribution is -2.23. The van der Waals surface area contributed by atoms with E-state index in [0.717, 1.165) is 49.5 Å². The molecular weight excluding hydrogens is 242 g/mol. The van der Waals surface area contributed by atoms with Crippen molar-refractivity contribution in [3.05, 3.63) is 22.8 Å². The predicted molar refractivity (Wildman–Crippen MR) is 71.6 cm³/mol. The van der Waals surface area contributed by atoms with E-state index in [1.54, 1.807) is 0 Å². The first-order valence-corrected chi connectivity index (χ1v) is 6.99. The summed E-state index contributed by atoms with van der Waals surface area (Å²) >= 11 is 0. The van der Waals surface area contributed by atoms with E-state index >= 15 is 0 Å². The summed E-state index contributed by atoms with van der Waals surface area (Å²) in [7, 11) is 0. The summed E-state index contributed by atoms with van der Waals surface area (Å²) in [6.07, 6.45) is 3.29. The van der Waals surface area contributed by atoms with Crippen LogP contribution in [0.5, 0.6) is 11.5 Å². The van der Waals surface area contributed by atoms with Crippen LogP contribution in [0, 0.1) is 0 Å². The van der Waals surface area contributed by atoms with Gasteiger partial charge in [-0.15, -0.1) is 0 Å². The molecule has 0 fully saturated rings. The Labute approximate surface area is 113 Å². The molecule has 4 nitrogen and oxygen atoms in total. The Morgan fingerprint density at radius 3 is 3.00 bits per heavy atom. The summed E-state index contributed by atoms with van der Waals surface area (Å²) in [5.41, 5.74) is 3.53. The molecule has 2 aliphatic rings. The lowest BCUT2D eigenvalue weighted by molar-refractivity contribution is -0.121. The minimum absolute atomic E-state index is 0.103. The minimum atomic E-state index is 0.103. The van der Waals surface area contributed by atoms with Crippen LogP contribution in [0.1, 0.15) is 36.5 Å². The van der Waals surface area contributed by atoms with Gasteiger partial charge >= 0.3 is 0 Å². The molecule has 0 bridgehead atoms. The van der Waals surface area contributed by atoms with Crippen LogP contribution in [-0.2, 0) is 24.2 Å². The fourth-order valence-corrected chi connectivity index (χ4v) is 2.77. The molecule has 0 aliphatic carbocycles. The predicted octanol–water partition coefficient (Wildman–Crippen LogP) is 1.97. The third-order valence-electron chi connectivity index (χ3n) is 3.70. The second-order valence-electron chi connectivity index (χ2n) is 5.04. The molecule has 4 heteroatoms. The highest BCUT2D eigenvalue weighted by atomic mass is 16.5. The number of hydrogen-bond donors (Lipinski definition) is 1. The lowest BCUT2D eigenvalue weighted by atomic mass is 9.99. The Kier molecular flexibility index (Phi) is 3.32. The van der Waals surface area contributed by atoms with Crippen molar-refractivity contribution in [2.75, 3.05) is 13.2 Å². The van der Waals surface area contributed by atoms with Crippen molar-refractivity contribution in [1.82, 2.24) is 5.32 Å². The number of hydrogen-bond acceptors (Lipinski definition) is 3. The number of ether oxygens (including phenoxy) is 2. The van der Waals surface area contributed by atoms with E-state index in [1.807, 2.05) is 6.92 Å². The zero-order valence-corrected chi connectivity index (χ0v) is 11.3. The maximum Gasteiger partial charge on any atom is 0.220 e. The highest BCUT2D eigenvalue weighted by molar-refractivity contribution is 5.76. The van der Waals surface area contributed by atoms with E-state index in [9.17, 15) is 4.79 Å². The number of nitrogens with one attached hydrogen (secondary N) is 1. The van der Waals surface area contributed by atoms with Crippen molar-refractivity contribution >= 4 is 5.91 Å². The molecule has 0 unspecified atom stereocenters. The van der Waals surface area contributed by atoms with Crippen molar-refractivity contribution < 1.29 is 14.3 Å². The Morgan fingerprint density at radius 1 is 1.32 bits per heavy atom. The highest BCUT2D eigenvalue weighted by Crippen LogP contribution is 2.40. The third kappa shape index (κ3) is 2.27. The molecule has 0 spiro atoms. The average Bonchev–Trinajstić information content (AvgIpc) is 3.02. The molecule has 1 aromatic rings. The van der Waals surface area contributed by atoms with E-state index in [0.29, 0.717) is 13.0 Å². The molecule has 1 aromatic carbocycles. The van der Waals surface area contributed by atoms with E-state index in [4.69, 9.17) is 9.47 Å². The Bertz CT molecular complexity index is 478. The minimum Gasteiger partial charge on any atom is -0.493 e. The topological polar surface area (TPSA) is 47.6 Å². The van der Waals surface area contributed by atoms with Crippen LogP contribution in [0.2, 0.25) is 0 Å². The van der Waals surface area contributed by atoms with Gasteiger partial charge in [0.15, 0.2) is 0 Å². The summed E-state index contributed by atoms with van der Waals surface area (Å²) in [5.74, 6) is 2.05. The molecule has 2 aliphatic heterocycles. The Hall–Kier alpha value is -1.71. The molecule has 1 amide bonds. The second kappa shape index (κ2) is 5.11. The summed E-state index contributed by atoms with van der Waals surface area (Å²) in [6, 6.07) is 2.10. The number of fused-ring (bicyclic) bond motifs is 2. The zero-order valence-electron chi connectivity index (χ0n) is 11.3. The van der Waals surface area contributed by atoms with Crippen LogP contribution < -0.4 is 14.8 Å². The van der Waals surface area contributed by atoms with Crippen LogP contribution in [0.4, 0.5) is 0 Å². The van der Waals surface area contributed by atoms with Gasteiger partial charge in [0.1, 0.15) is 11.5 Å². The molecule has 102 valence electrons. The van der Waals surface area contributed by atoms with Crippen molar-refractivity contribution in [2.24, 2.45) is 0 Å². The van der Waals surface area contributed by atoms with Crippen LogP contribution in [0.25, 0.3) is 0 Å². The highest BCUT2D eigenvalue weighted by Gasteiger charge is 2.26. The lowest BCUT2D eigenvalue weighted by Gasteiger charge is -2.13. The maximum absolute atomic E-state index is 11.6. The van der Waals surface area contributed by atoms with Crippen molar-refractivity contribution in [3.63, 3.8) is 0 Å². The van der Waals surface area contributed by atoms with Crippen LogP contribution in [0.15, 0.2) is 6.07 Å². The van der Waals surface area contributed by atoms with Gasteiger partial charge in [0.25, 0.3) is 0 Å². The van der Waals surface area contributed by atoms with Gasteiger partial charge in [0.05, 0.1) is 13.2 Å². The molecule has 3 rings (SSSR count). The average molecular weight is 261 g/mol. The molecule has 19 heavy (non-hydrogen) atoms. The van der Waals surface area contributed by atoms with Crippen molar-refractivity contribution in [2.45, 2.75) is 39.2 Å². The van der Waals surface area contributed by atoms with Gasteiger partial charge < -0.3 is 14.8 Å². The number of carbonyl (C=O) groups is 1. The standard InChI is InChI=1S/C15H19NO3/c1-2-3-14(17)16-9-12-11-5-7-18-13(11)8-10-4-6-19-15(10)12/h8H,2-7,9H2,1H3,(H,16,17). The van der Waals surface area contributed by atoms with Crippen LogP contribution in [-0.4, -0.2) is 19.1 Å². The summed E-state index contributed by atoms with van der Waals surface area (Å²) in [6.45, 7) is 4.02. The first-order valence-electron chi connectivity index (χ1n) is 6.99. The van der Waals surface area contributed by atoms with Crippen molar-refractivity contribution in [3.8, 4) is 11.5 Å². The number of carbonyl (C=O) groups excluding carboxylic acids is 1. The number of benzene rings is 1. The normalized spacial score (nSPS) is 15.4. The molecule has 0 saturated heterocycles. The van der Waals surface area contributed by atoms with Gasteiger partial charge in [-0.2, -0.15) is 0 Å². The number of amides is 1. The first-order chi connectivity index (χ1) is 9.29. The van der Waals surface area contributed by atoms with Crippen LogP contribution >= 0.6 is 0 Å². The zero-order chi connectivity index (χ0) is 13.2. The summed E-state index contributed by atoms with van der Waals surface area (Å²) in [5, 5.41) is 2.98. The quantitative estimate of drug-likeness (QED) is 0.901. The smallest absolute Gasteiger partial charge is 0.220 e. The summed E-state index contributed by atoms with van der Waals surface area (Å²) in [4.78, 5) is 11.6. The monoisotopic (exact) mass is 261 g/mol. The van der Waals surface area contributed by atoms with Gasteiger partial charge in [-0.1, -0.05) is 6.92 Å². The van der Waals surface area contributed by atoms with Crippen molar-refractivity contribution in [1.29, 1.82) is 0 Å². The van der Waals surface area contributed by atoms with E-state index in [1.165, 1.54) is 11.1 Å². The molecule has 0 saturated carbocycles. The molecule has 0 aromatic heterocycles.